The number of fused-ring (bicyclic) bond motifs is 2. The van der Waals surface area contributed by atoms with Crippen LogP contribution in [0.5, 0.6) is 0 Å². The molecule has 3 rings (SSSR count). The Labute approximate surface area is 101 Å². The molecule has 2 heterocycles. The van der Waals surface area contributed by atoms with Crippen LogP contribution in [0.2, 0.25) is 0 Å². The van der Waals surface area contributed by atoms with E-state index in [1.54, 1.807) is 7.11 Å². The number of hydrogen-bond donors (Lipinski definition) is 1. The Bertz CT molecular complexity index is 316. The summed E-state index contributed by atoms with van der Waals surface area (Å²) in [5.74, 6) is -0.467. The van der Waals surface area contributed by atoms with E-state index in [-0.39, 0.29) is 24.7 Å². The molecule has 0 radical (unpaired) electrons. The number of rotatable bonds is 2. The summed E-state index contributed by atoms with van der Waals surface area (Å²) >= 11 is 0. The third kappa shape index (κ3) is 1.50. The fourth-order valence-corrected chi connectivity index (χ4v) is 3.31. The average molecular weight is 244 g/mol. The molecule has 98 valence electrons. The summed E-state index contributed by atoms with van der Waals surface area (Å²) < 4.78 is 23.1. The van der Waals surface area contributed by atoms with Crippen molar-refractivity contribution in [2.24, 2.45) is 5.92 Å². The summed E-state index contributed by atoms with van der Waals surface area (Å²) in [4.78, 5) is 0. The molecular weight excluding hydrogens is 224 g/mol. The van der Waals surface area contributed by atoms with Gasteiger partial charge in [0, 0.05) is 19.6 Å². The molecule has 17 heavy (non-hydrogen) atoms. The van der Waals surface area contributed by atoms with Crippen LogP contribution >= 0.6 is 0 Å². The molecule has 0 aromatic carbocycles. The maximum Gasteiger partial charge on any atom is 0.186 e. The zero-order chi connectivity index (χ0) is 12.3. The van der Waals surface area contributed by atoms with E-state index < -0.39 is 17.7 Å². The van der Waals surface area contributed by atoms with Gasteiger partial charge in [-0.05, 0) is 26.7 Å². The Kier molecular flexibility index (Phi) is 2.55. The Hall–Kier alpha value is -0.200. The monoisotopic (exact) mass is 244 g/mol. The van der Waals surface area contributed by atoms with Gasteiger partial charge in [-0.3, -0.25) is 0 Å². The van der Waals surface area contributed by atoms with Gasteiger partial charge in [0.1, 0.15) is 17.8 Å². The molecule has 5 atom stereocenters. The maximum atomic E-state index is 9.40. The molecule has 3 aliphatic rings. The second kappa shape index (κ2) is 3.65. The van der Waals surface area contributed by atoms with Crippen molar-refractivity contribution in [1.29, 1.82) is 0 Å². The van der Waals surface area contributed by atoms with Gasteiger partial charge in [-0.1, -0.05) is 0 Å². The standard InChI is InChI=1S/C12H20O5/c1-11(2)15-8-9(16-11)12(17-10(8)14-3)5-4-7(12)6-13/h7-10,13H,4-6H2,1-3H3/t7-,8-,9?,10?,12+/m0/s1. The minimum atomic E-state index is -0.599. The van der Waals surface area contributed by atoms with Crippen LogP contribution in [0.1, 0.15) is 26.7 Å². The van der Waals surface area contributed by atoms with Crippen molar-refractivity contribution in [2.75, 3.05) is 13.7 Å². The first kappa shape index (κ1) is 11.9. The molecule has 1 aliphatic carbocycles. The van der Waals surface area contributed by atoms with E-state index in [4.69, 9.17) is 18.9 Å². The van der Waals surface area contributed by atoms with Gasteiger partial charge in [-0.25, -0.2) is 0 Å². The van der Waals surface area contributed by atoms with Crippen LogP contribution < -0.4 is 0 Å². The van der Waals surface area contributed by atoms with Crippen molar-refractivity contribution in [3.8, 4) is 0 Å². The smallest absolute Gasteiger partial charge is 0.186 e. The molecule has 2 unspecified atom stereocenters. The Morgan fingerprint density at radius 3 is 2.59 bits per heavy atom. The lowest BCUT2D eigenvalue weighted by molar-refractivity contribution is -0.282. The van der Waals surface area contributed by atoms with Crippen LogP contribution in [0.25, 0.3) is 0 Å². The number of ether oxygens (including phenoxy) is 4. The van der Waals surface area contributed by atoms with E-state index in [1.807, 2.05) is 13.8 Å². The zero-order valence-electron chi connectivity index (χ0n) is 10.5. The topological polar surface area (TPSA) is 57.2 Å². The minimum absolute atomic E-state index is 0.128. The van der Waals surface area contributed by atoms with Gasteiger partial charge in [0.25, 0.3) is 0 Å². The molecular formula is C12H20O5. The number of aliphatic hydroxyl groups excluding tert-OH is 1. The van der Waals surface area contributed by atoms with E-state index >= 15 is 0 Å². The molecule has 0 aromatic rings. The third-order valence-electron chi connectivity index (χ3n) is 4.24. The van der Waals surface area contributed by atoms with Crippen LogP contribution in [0.15, 0.2) is 0 Å². The maximum absolute atomic E-state index is 9.40. The molecule has 2 saturated heterocycles. The van der Waals surface area contributed by atoms with Gasteiger partial charge >= 0.3 is 0 Å². The first-order chi connectivity index (χ1) is 8.02. The van der Waals surface area contributed by atoms with Gasteiger partial charge in [0.05, 0.1) is 0 Å². The minimum Gasteiger partial charge on any atom is -0.396 e. The fourth-order valence-electron chi connectivity index (χ4n) is 3.31. The molecule has 0 bridgehead atoms. The summed E-state index contributed by atoms with van der Waals surface area (Å²) in [6.07, 6.45) is 1.16. The first-order valence-corrected chi connectivity index (χ1v) is 6.19. The van der Waals surface area contributed by atoms with Crippen molar-refractivity contribution in [1.82, 2.24) is 0 Å². The SMILES string of the molecule is COC1O[C@@]2(CC[C@H]2CO)C2OC(C)(C)O[C@H]12. The molecule has 5 nitrogen and oxygen atoms in total. The third-order valence-corrected chi connectivity index (χ3v) is 4.24. The Morgan fingerprint density at radius 2 is 2.06 bits per heavy atom. The van der Waals surface area contributed by atoms with Crippen molar-refractivity contribution < 1.29 is 24.1 Å². The van der Waals surface area contributed by atoms with Gasteiger partial charge in [-0.15, -0.1) is 0 Å². The number of hydrogen-bond acceptors (Lipinski definition) is 5. The lowest BCUT2D eigenvalue weighted by Gasteiger charge is -2.48. The zero-order valence-corrected chi connectivity index (χ0v) is 10.5. The largest absolute Gasteiger partial charge is 0.396 e. The first-order valence-electron chi connectivity index (χ1n) is 6.19. The molecule has 5 heteroatoms. The van der Waals surface area contributed by atoms with Crippen LogP contribution in [0.3, 0.4) is 0 Å². The van der Waals surface area contributed by atoms with Gasteiger partial charge < -0.3 is 24.1 Å². The predicted molar refractivity (Wildman–Crippen MR) is 58.2 cm³/mol. The summed E-state index contributed by atoms with van der Waals surface area (Å²) in [6.45, 7) is 3.93. The van der Waals surface area contributed by atoms with E-state index in [0.717, 1.165) is 12.8 Å². The van der Waals surface area contributed by atoms with Crippen molar-refractivity contribution >= 4 is 0 Å². The van der Waals surface area contributed by atoms with Crippen LogP contribution in [0, 0.1) is 5.92 Å². The van der Waals surface area contributed by atoms with E-state index in [9.17, 15) is 5.11 Å². The van der Waals surface area contributed by atoms with E-state index in [0.29, 0.717) is 0 Å². The van der Waals surface area contributed by atoms with Gasteiger partial charge in [0.2, 0.25) is 0 Å². The molecule has 2 aliphatic heterocycles. The summed E-state index contributed by atoms with van der Waals surface area (Å²) in [5.41, 5.74) is -0.409. The van der Waals surface area contributed by atoms with Crippen molar-refractivity contribution in [3.05, 3.63) is 0 Å². The lowest BCUT2D eigenvalue weighted by atomic mass is 9.66. The van der Waals surface area contributed by atoms with Gasteiger partial charge in [0.15, 0.2) is 12.1 Å². The summed E-state index contributed by atoms with van der Waals surface area (Å²) in [7, 11) is 1.61. The molecule has 3 fully saturated rings. The van der Waals surface area contributed by atoms with Crippen LogP contribution in [-0.2, 0) is 18.9 Å². The molecule has 0 amide bonds. The highest BCUT2D eigenvalue weighted by atomic mass is 16.8. The number of methoxy groups -OCH3 is 1. The highest BCUT2D eigenvalue weighted by molar-refractivity contribution is 5.13. The normalized spacial score (nSPS) is 51.5. The predicted octanol–water partition coefficient (Wildman–Crippen LogP) is 0.650. The van der Waals surface area contributed by atoms with Crippen LogP contribution in [-0.4, -0.2) is 48.7 Å². The highest BCUT2D eigenvalue weighted by Gasteiger charge is 2.68. The van der Waals surface area contributed by atoms with Crippen molar-refractivity contribution in [3.63, 3.8) is 0 Å². The second-order valence-electron chi connectivity index (χ2n) is 5.62. The average Bonchev–Trinajstić information content (AvgIpc) is 2.69. The molecule has 1 spiro atoms. The van der Waals surface area contributed by atoms with Gasteiger partial charge in [-0.2, -0.15) is 0 Å². The quantitative estimate of drug-likeness (QED) is 0.773. The highest BCUT2D eigenvalue weighted by Crippen LogP contribution is 2.55. The number of aliphatic hydroxyl groups is 1. The molecule has 1 saturated carbocycles. The van der Waals surface area contributed by atoms with E-state index in [1.165, 1.54) is 0 Å². The molecule has 0 aromatic heterocycles. The van der Waals surface area contributed by atoms with E-state index in [2.05, 4.69) is 0 Å². The molecule has 1 N–H and O–H groups in total. The van der Waals surface area contributed by atoms with Crippen molar-refractivity contribution in [2.45, 2.75) is 56.6 Å². The van der Waals surface area contributed by atoms with Crippen LogP contribution in [0.4, 0.5) is 0 Å². The summed E-state index contributed by atoms with van der Waals surface area (Å²) in [6, 6.07) is 0. The Morgan fingerprint density at radius 1 is 1.29 bits per heavy atom. The lowest BCUT2D eigenvalue weighted by Crippen LogP contribution is -2.57. The fraction of sp³-hybridized carbons (Fsp3) is 1.00. The second-order valence-corrected chi connectivity index (χ2v) is 5.62. The Balaban J connectivity index is 1.88. The summed E-state index contributed by atoms with van der Waals surface area (Å²) in [5, 5.41) is 9.40.